The first-order valence-corrected chi connectivity index (χ1v) is 3.57. The molecule has 4 nitrogen and oxygen atoms in total. The van der Waals surface area contributed by atoms with Gasteiger partial charge in [0.25, 0.3) is 0 Å². The van der Waals surface area contributed by atoms with E-state index in [-0.39, 0.29) is 6.10 Å². The molecule has 0 bridgehead atoms. The fraction of sp³-hybridized carbons (Fsp3) is 0.429. The van der Waals surface area contributed by atoms with Crippen molar-refractivity contribution in [1.29, 1.82) is 0 Å². The van der Waals surface area contributed by atoms with Crippen LogP contribution in [0.2, 0.25) is 0 Å². The number of fused-ring (bicyclic) bond motifs is 1. The molecule has 1 aliphatic heterocycles. The molecule has 1 aromatic heterocycles. The molecule has 2 rings (SSSR count). The largest absolute Gasteiger partial charge is 0.485 e. The van der Waals surface area contributed by atoms with Crippen molar-refractivity contribution in [3.63, 3.8) is 0 Å². The van der Waals surface area contributed by atoms with Crippen LogP contribution in [0.15, 0.2) is 12.4 Å². The zero-order valence-electron chi connectivity index (χ0n) is 6.24. The molecule has 11 heavy (non-hydrogen) atoms. The van der Waals surface area contributed by atoms with Crippen LogP contribution in [-0.4, -0.2) is 22.8 Å². The number of nitrogens with zero attached hydrogens (tertiary/aromatic N) is 2. The third kappa shape index (κ3) is 1.11. The van der Waals surface area contributed by atoms with Crippen molar-refractivity contribution >= 4 is 5.69 Å². The van der Waals surface area contributed by atoms with E-state index in [1.54, 1.807) is 12.4 Å². The first kappa shape index (κ1) is 6.39. The van der Waals surface area contributed by atoms with Gasteiger partial charge in [0.05, 0.1) is 24.6 Å². The van der Waals surface area contributed by atoms with Crippen LogP contribution in [0.25, 0.3) is 0 Å². The predicted molar refractivity (Wildman–Crippen MR) is 40.6 cm³/mol. The summed E-state index contributed by atoms with van der Waals surface area (Å²) in [6.45, 7) is 2.84. The molecule has 0 saturated heterocycles. The first-order valence-electron chi connectivity index (χ1n) is 3.57. The summed E-state index contributed by atoms with van der Waals surface area (Å²) in [5, 5.41) is 10.6. The van der Waals surface area contributed by atoms with Gasteiger partial charge in [0, 0.05) is 0 Å². The predicted octanol–water partition coefficient (Wildman–Crippen LogP) is 0.669. The second kappa shape index (κ2) is 2.38. The van der Waals surface area contributed by atoms with Gasteiger partial charge < -0.3 is 10.1 Å². The highest BCUT2D eigenvalue weighted by Crippen LogP contribution is 2.25. The molecular weight excluding hydrogens is 142 g/mol. The van der Waals surface area contributed by atoms with E-state index in [1.165, 1.54) is 0 Å². The van der Waals surface area contributed by atoms with Crippen molar-refractivity contribution < 1.29 is 4.74 Å². The molecule has 0 saturated carbocycles. The Hall–Kier alpha value is -1.32. The van der Waals surface area contributed by atoms with Crippen LogP contribution >= 0.6 is 0 Å². The highest BCUT2D eigenvalue weighted by Gasteiger charge is 2.14. The number of anilines is 1. The maximum Gasteiger partial charge on any atom is 0.164 e. The van der Waals surface area contributed by atoms with Crippen LogP contribution < -0.4 is 10.1 Å². The Kier molecular flexibility index (Phi) is 1.38. The van der Waals surface area contributed by atoms with Gasteiger partial charge in [-0.25, -0.2) is 0 Å². The lowest BCUT2D eigenvalue weighted by Gasteiger charge is -2.23. The lowest BCUT2D eigenvalue weighted by atomic mass is 10.3. The second-order valence-electron chi connectivity index (χ2n) is 2.58. The summed E-state index contributed by atoms with van der Waals surface area (Å²) in [5.74, 6) is 0.791. The van der Waals surface area contributed by atoms with E-state index in [0.29, 0.717) is 0 Å². The molecule has 4 heteroatoms. The molecule has 1 aromatic rings. The van der Waals surface area contributed by atoms with E-state index < -0.39 is 0 Å². The van der Waals surface area contributed by atoms with Gasteiger partial charge in [-0.3, -0.25) is 0 Å². The molecular formula is C7H9N3O. The van der Waals surface area contributed by atoms with E-state index in [2.05, 4.69) is 15.5 Å². The van der Waals surface area contributed by atoms with E-state index in [0.717, 1.165) is 18.0 Å². The summed E-state index contributed by atoms with van der Waals surface area (Å²) in [7, 11) is 0. The Morgan fingerprint density at radius 3 is 3.27 bits per heavy atom. The Balaban J connectivity index is 2.34. The summed E-state index contributed by atoms with van der Waals surface area (Å²) in [5.41, 5.74) is 0.929. The number of aromatic nitrogens is 2. The van der Waals surface area contributed by atoms with Gasteiger partial charge in [-0.15, -0.1) is 0 Å². The van der Waals surface area contributed by atoms with Crippen LogP contribution in [-0.2, 0) is 0 Å². The van der Waals surface area contributed by atoms with Gasteiger partial charge in [-0.2, -0.15) is 10.2 Å². The van der Waals surface area contributed by atoms with Crippen LogP contribution in [0, 0.1) is 0 Å². The van der Waals surface area contributed by atoms with E-state index in [1.807, 2.05) is 6.92 Å². The van der Waals surface area contributed by atoms with Gasteiger partial charge in [-0.1, -0.05) is 0 Å². The first-order chi connectivity index (χ1) is 5.36. The minimum Gasteiger partial charge on any atom is -0.485 e. The summed E-state index contributed by atoms with van der Waals surface area (Å²) in [6.07, 6.45) is 3.51. The number of rotatable bonds is 0. The van der Waals surface area contributed by atoms with Crippen LogP contribution in [0.3, 0.4) is 0 Å². The molecule has 0 radical (unpaired) electrons. The quantitative estimate of drug-likeness (QED) is 0.592. The average molecular weight is 151 g/mol. The summed E-state index contributed by atoms with van der Waals surface area (Å²) in [6, 6.07) is 0. The van der Waals surface area contributed by atoms with Crippen LogP contribution in [0.4, 0.5) is 5.69 Å². The molecule has 0 amide bonds. The van der Waals surface area contributed by atoms with Crippen molar-refractivity contribution in [2.24, 2.45) is 0 Å². The third-order valence-corrected chi connectivity index (χ3v) is 1.60. The smallest absolute Gasteiger partial charge is 0.164 e. The number of nitrogens with one attached hydrogen (secondary N) is 1. The molecule has 1 unspecified atom stereocenters. The Morgan fingerprint density at radius 2 is 2.36 bits per heavy atom. The molecule has 0 aromatic carbocycles. The molecule has 0 spiro atoms. The molecule has 0 aliphatic carbocycles. The Bertz CT molecular complexity index is 264. The molecule has 2 heterocycles. The van der Waals surface area contributed by atoms with E-state index in [4.69, 9.17) is 4.74 Å². The van der Waals surface area contributed by atoms with E-state index in [9.17, 15) is 0 Å². The Labute approximate surface area is 64.6 Å². The fourth-order valence-electron chi connectivity index (χ4n) is 1.05. The van der Waals surface area contributed by atoms with Crippen molar-refractivity contribution in [2.75, 3.05) is 11.9 Å². The topological polar surface area (TPSA) is 47.0 Å². The normalized spacial score (nSPS) is 21.4. The van der Waals surface area contributed by atoms with Gasteiger partial charge in [0.2, 0.25) is 0 Å². The monoisotopic (exact) mass is 151 g/mol. The second-order valence-corrected chi connectivity index (χ2v) is 2.58. The van der Waals surface area contributed by atoms with Crippen LogP contribution in [0.1, 0.15) is 6.92 Å². The zero-order valence-corrected chi connectivity index (χ0v) is 6.24. The standard InChI is InChI=1S/C7H9N3O/c1-5-2-8-6-3-9-10-4-7(6)11-5/h3-5,8H,2H2,1H3. The lowest BCUT2D eigenvalue weighted by molar-refractivity contribution is 0.224. The zero-order chi connectivity index (χ0) is 7.68. The highest BCUT2D eigenvalue weighted by atomic mass is 16.5. The summed E-state index contributed by atoms with van der Waals surface area (Å²) in [4.78, 5) is 0. The van der Waals surface area contributed by atoms with Crippen molar-refractivity contribution in [2.45, 2.75) is 13.0 Å². The number of hydrogen-bond donors (Lipinski definition) is 1. The SMILES string of the molecule is CC1CNc2cnncc2O1. The molecule has 1 aliphatic rings. The van der Waals surface area contributed by atoms with Crippen molar-refractivity contribution in [1.82, 2.24) is 10.2 Å². The number of ether oxygens (including phenoxy) is 1. The molecule has 1 N–H and O–H groups in total. The summed E-state index contributed by atoms with van der Waals surface area (Å²) < 4.78 is 5.47. The molecule has 1 atom stereocenters. The minimum absolute atomic E-state index is 0.215. The summed E-state index contributed by atoms with van der Waals surface area (Å²) >= 11 is 0. The van der Waals surface area contributed by atoms with Gasteiger partial charge in [0.15, 0.2) is 5.75 Å². The molecule has 58 valence electrons. The van der Waals surface area contributed by atoms with Gasteiger partial charge >= 0.3 is 0 Å². The molecule has 0 fully saturated rings. The van der Waals surface area contributed by atoms with Crippen LogP contribution in [0.5, 0.6) is 5.75 Å². The minimum atomic E-state index is 0.215. The van der Waals surface area contributed by atoms with Crippen molar-refractivity contribution in [3.8, 4) is 5.75 Å². The third-order valence-electron chi connectivity index (χ3n) is 1.60. The maximum atomic E-state index is 5.47. The highest BCUT2D eigenvalue weighted by molar-refractivity contribution is 5.54. The maximum absolute atomic E-state index is 5.47. The number of hydrogen-bond acceptors (Lipinski definition) is 4. The van der Waals surface area contributed by atoms with Gasteiger partial charge in [0.1, 0.15) is 6.10 Å². The van der Waals surface area contributed by atoms with Gasteiger partial charge in [-0.05, 0) is 6.92 Å². The Morgan fingerprint density at radius 1 is 1.55 bits per heavy atom. The van der Waals surface area contributed by atoms with E-state index >= 15 is 0 Å². The lowest BCUT2D eigenvalue weighted by Crippen LogP contribution is -2.27. The average Bonchev–Trinajstić information content (AvgIpc) is 2.04. The van der Waals surface area contributed by atoms with Crippen molar-refractivity contribution in [3.05, 3.63) is 12.4 Å². The fourth-order valence-corrected chi connectivity index (χ4v) is 1.05.